The number of H-pyrrole nitrogens is 1. The molecule has 1 aromatic heterocycles. The molecule has 46 valence electrons. The van der Waals surface area contributed by atoms with E-state index in [9.17, 15) is 4.79 Å². The van der Waals surface area contributed by atoms with Crippen molar-refractivity contribution in [2.24, 2.45) is 0 Å². The van der Waals surface area contributed by atoms with Crippen LogP contribution in [0.15, 0.2) is 6.33 Å². The summed E-state index contributed by atoms with van der Waals surface area (Å²) in [7, 11) is 0. The van der Waals surface area contributed by atoms with Gasteiger partial charge in [-0.25, -0.2) is 4.98 Å². The zero-order chi connectivity index (χ0) is 6.27. The van der Waals surface area contributed by atoms with E-state index in [1.54, 1.807) is 6.33 Å². The third-order valence-corrected chi connectivity index (χ3v) is 1.59. The van der Waals surface area contributed by atoms with Crippen LogP contribution < -0.4 is 0 Å². The Kier molecular flexibility index (Phi) is 0.754. The van der Waals surface area contributed by atoms with Gasteiger partial charge in [-0.3, -0.25) is 4.79 Å². The number of carbonyl (C=O) groups excluding carboxylic acids is 1. The number of carbonyl (C=O) groups is 1. The summed E-state index contributed by atoms with van der Waals surface area (Å²) < 4.78 is 0. The standard InChI is InChI=1S/C6H6N2O/c9-5-2-1-4-6(5)8-3-7-4/h3H,1-2H2,(H,7,8). The fourth-order valence-electron chi connectivity index (χ4n) is 1.11. The van der Waals surface area contributed by atoms with E-state index in [1.165, 1.54) is 0 Å². The minimum absolute atomic E-state index is 0.197. The lowest BCUT2D eigenvalue weighted by Gasteiger charge is -1.79. The number of nitrogens with zero attached hydrogens (tertiary/aromatic N) is 1. The monoisotopic (exact) mass is 122 g/mol. The van der Waals surface area contributed by atoms with Gasteiger partial charge in [0.1, 0.15) is 5.69 Å². The van der Waals surface area contributed by atoms with Crippen LogP contribution in [0.1, 0.15) is 22.6 Å². The average molecular weight is 122 g/mol. The molecule has 1 aliphatic carbocycles. The summed E-state index contributed by atoms with van der Waals surface area (Å²) in [6, 6.07) is 0. The van der Waals surface area contributed by atoms with Crippen molar-refractivity contribution in [3.8, 4) is 0 Å². The predicted molar refractivity (Wildman–Crippen MR) is 31.2 cm³/mol. The van der Waals surface area contributed by atoms with Gasteiger partial charge in [-0.05, 0) is 6.42 Å². The first-order valence-corrected chi connectivity index (χ1v) is 2.93. The van der Waals surface area contributed by atoms with Crippen molar-refractivity contribution >= 4 is 5.78 Å². The molecule has 1 aliphatic rings. The molecule has 0 radical (unpaired) electrons. The van der Waals surface area contributed by atoms with Crippen LogP contribution in [0.25, 0.3) is 0 Å². The molecule has 9 heavy (non-hydrogen) atoms. The third-order valence-electron chi connectivity index (χ3n) is 1.59. The number of hydrogen-bond donors (Lipinski definition) is 1. The number of nitrogens with one attached hydrogen (secondary N) is 1. The number of aryl methyl sites for hydroxylation is 1. The molecule has 0 amide bonds. The van der Waals surface area contributed by atoms with Crippen LogP contribution in [0, 0.1) is 0 Å². The Labute approximate surface area is 52.1 Å². The summed E-state index contributed by atoms with van der Waals surface area (Å²) >= 11 is 0. The maximum absolute atomic E-state index is 10.9. The highest BCUT2D eigenvalue weighted by Crippen LogP contribution is 2.16. The van der Waals surface area contributed by atoms with Crippen LogP contribution >= 0.6 is 0 Å². The first-order chi connectivity index (χ1) is 4.38. The van der Waals surface area contributed by atoms with Gasteiger partial charge in [0.05, 0.1) is 12.0 Å². The Morgan fingerprint density at radius 3 is 3.22 bits per heavy atom. The Bertz CT molecular complexity index is 251. The summed E-state index contributed by atoms with van der Waals surface area (Å²) in [5.74, 6) is 0.197. The van der Waals surface area contributed by atoms with Gasteiger partial charge in [0.25, 0.3) is 0 Å². The number of fused-ring (bicyclic) bond motifs is 1. The average Bonchev–Trinajstić information content (AvgIpc) is 2.35. The van der Waals surface area contributed by atoms with Crippen LogP contribution in [0.5, 0.6) is 0 Å². The van der Waals surface area contributed by atoms with Crippen molar-refractivity contribution in [3.63, 3.8) is 0 Å². The number of aromatic nitrogens is 2. The Morgan fingerprint density at radius 2 is 2.44 bits per heavy atom. The van der Waals surface area contributed by atoms with Crippen molar-refractivity contribution in [1.29, 1.82) is 0 Å². The Balaban J connectivity index is 2.61. The van der Waals surface area contributed by atoms with Crippen LogP contribution in [0.2, 0.25) is 0 Å². The van der Waals surface area contributed by atoms with E-state index >= 15 is 0 Å². The van der Waals surface area contributed by atoms with Crippen LogP contribution in [-0.4, -0.2) is 15.8 Å². The maximum Gasteiger partial charge on any atom is 0.181 e. The van der Waals surface area contributed by atoms with Crippen LogP contribution in [-0.2, 0) is 6.42 Å². The number of Topliss-reactive ketones (excluding diaryl/α,β-unsaturated/α-hetero) is 1. The van der Waals surface area contributed by atoms with Crippen molar-refractivity contribution in [2.45, 2.75) is 12.8 Å². The second-order valence-electron chi connectivity index (χ2n) is 2.15. The lowest BCUT2D eigenvalue weighted by molar-refractivity contribution is 0.0990. The summed E-state index contributed by atoms with van der Waals surface area (Å²) in [5, 5.41) is 0. The zero-order valence-electron chi connectivity index (χ0n) is 4.85. The lowest BCUT2D eigenvalue weighted by atomic mass is 10.3. The quantitative estimate of drug-likeness (QED) is 0.545. The van der Waals surface area contributed by atoms with Gasteiger partial charge in [0, 0.05) is 6.42 Å². The largest absolute Gasteiger partial charge is 0.342 e. The van der Waals surface area contributed by atoms with E-state index in [4.69, 9.17) is 0 Å². The molecule has 1 aromatic rings. The van der Waals surface area contributed by atoms with Gasteiger partial charge in [0.15, 0.2) is 5.78 Å². The molecule has 3 nitrogen and oxygen atoms in total. The minimum atomic E-state index is 0.197. The van der Waals surface area contributed by atoms with E-state index in [0.717, 1.165) is 17.8 Å². The Morgan fingerprint density at radius 1 is 1.56 bits per heavy atom. The molecule has 0 saturated heterocycles. The highest BCUT2D eigenvalue weighted by Gasteiger charge is 2.20. The second-order valence-corrected chi connectivity index (χ2v) is 2.15. The van der Waals surface area contributed by atoms with Gasteiger partial charge in [0.2, 0.25) is 0 Å². The molecule has 1 N–H and O–H groups in total. The highest BCUT2D eigenvalue weighted by atomic mass is 16.1. The summed E-state index contributed by atoms with van der Waals surface area (Å²) in [6.45, 7) is 0. The van der Waals surface area contributed by atoms with Gasteiger partial charge in [-0.2, -0.15) is 0 Å². The molecule has 0 aliphatic heterocycles. The number of rotatable bonds is 0. The molecule has 1 heterocycles. The first kappa shape index (κ1) is 4.73. The molecule has 0 unspecified atom stereocenters. The van der Waals surface area contributed by atoms with Gasteiger partial charge in [-0.15, -0.1) is 0 Å². The predicted octanol–water partition coefficient (Wildman–Crippen LogP) is 0.539. The van der Waals surface area contributed by atoms with E-state index in [-0.39, 0.29) is 5.78 Å². The summed E-state index contributed by atoms with van der Waals surface area (Å²) in [5.41, 5.74) is 1.65. The van der Waals surface area contributed by atoms with E-state index in [1.807, 2.05) is 0 Å². The molecular weight excluding hydrogens is 116 g/mol. The van der Waals surface area contributed by atoms with E-state index in [2.05, 4.69) is 9.97 Å². The molecule has 0 aromatic carbocycles. The van der Waals surface area contributed by atoms with Gasteiger partial charge < -0.3 is 4.98 Å². The van der Waals surface area contributed by atoms with Gasteiger partial charge in [-0.1, -0.05) is 0 Å². The maximum atomic E-state index is 10.9. The van der Waals surface area contributed by atoms with Crippen molar-refractivity contribution in [1.82, 2.24) is 9.97 Å². The second kappa shape index (κ2) is 1.43. The summed E-state index contributed by atoms with van der Waals surface area (Å²) in [4.78, 5) is 17.6. The number of imidazole rings is 1. The molecule has 0 bridgehead atoms. The molecule has 3 heteroatoms. The number of hydrogen-bond acceptors (Lipinski definition) is 2. The van der Waals surface area contributed by atoms with Crippen molar-refractivity contribution in [3.05, 3.63) is 17.7 Å². The zero-order valence-corrected chi connectivity index (χ0v) is 4.85. The molecule has 2 rings (SSSR count). The van der Waals surface area contributed by atoms with Crippen molar-refractivity contribution in [2.75, 3.05) is 0 Å². The lowest BCUT2D eigenvalue weighted by Crippen LogP contribution is -1.90. The number of aromatic amines is 1. The smallest absolute Gasteiger partial charge is 0.181 e. The number of ketones is 1. The topological polar surface area (TPSA) is 45.8 Å². The summed E-state index contributed by atoms with van der Waals surface area (Å²) in [6.07, 6.45) is 3.02. The van der Waals surface area contributed by atoms with Gasteiger partial charge >= 0.3 is 0 Å². The van der Waals surface area contributed by atoms with Crippen LogP contribution in [0.4, 0.5) is 0 Å². The van der Waals surface area contributed by atoms with E-state index < -0.39 is 0 Å². The molecule has 0 spiro atoms. The normalized spacial score (nSPS) is 16.2. The Hall–Kier alpha value is -1.12. The highest BCUT2D eigenvalue weighted by molar-refractivity contribution is 5.98. The third kappa shape index (κ3) is 0.512. The first-order valence-electron chi connectivity index (χ1n) is 2.93. The van der Waals surface area contributed by atoms with E-state index in [0.29, 0.717) is 6.42 Å². The van der Waals surface area contributed by atoms with Crippen molar-refractivity contribution < 1.29 is 4.79 Å². The minimum Gasteiger partial charge on any atom is -0.342 e. The fraction of sp³-hybridized carbons (Fsp3) is 0.333. The molecule has 0 saturated carbocycles. The SMILES string of the molecule is O=C1CCc2nc[nH]c21. The fourth-order valence-corrected chi connectivity index (χ4v) is 1.11. The van der Waals surface area contributed by atoms with Crippen LogP contribution in [0.3, 0.4) is 0 Å². The molecule has 0 atom stereocenters. The molecular formula is C6H6N2O. The molecule has 0 fully saturated rings.